The molecule has 0 spiro atoms. The minimum absolute atomic E-state index is 0.119. The lowest BCUT2D eigenvalue weighted by Gasteiger charge is -2.23. The van der Waals surface area contributed by atoms with E-state index in [0.29, 0.717) is 12.8 Å². The largest absolute Gasteiger partial charge is 0.465 e. The molecule has 1 aromatic carbocycles. The van der Waals surface area contributed by atoms with Gasteiger partial charge in [-0.3, -0.25) is 9.36 Å². The van der Waals surface area contributed by atoms with Gasteiger partial charge in [0.1, 0.15) is 17.7 Å². The van der Waals surface area contributed by atoms with E-state index in [4.69, 9.17) is 18.5 Å². The third kappa shape index (κ3) is 7.20. The quantitative estimate of drug-likeness (QED) is 0.528. The molecule has 0 saturated carbocycles. The van der Waals surface area contributed by atoms with Gasteiger partial charge in [-0.25, -0.2) is 0 Å². The van der Waals surface area contributed by atoms with E-state index in [9.17, 15) is 9.36 Å². The summed E-state index contributed by atoms with van der Waals surface area (Å²) in [7, 11) is -3.31. The molecular formula is C19H29O6P. The molecule has 1 fully saturated rings. The molecule has 1 aliphatic rings. The predicted octanol–water partition coefficient (Wildman–Crippen LogP) is 4.36. The van der Waals surface area contributed by atoms with Gasteiger partial charge in [-0.05, 0) is 50.8 Å². The van der Waals surface area contributed by atoms with Crippen molar-refractivity contribution in [1.82, 2.24) is 0 Å². The predicted molar refractivity (Wildman–Crippen MR) is 99.7 cm³/mol. The molecule has 1 atom stereocenters. The number of Topliss-reactive ketones (excluding diaryl/α,β-unsaturated/α-hetero) is 1. The Kier molecular flexibility index (Phi) is 8.79. The van der Waals surface area contributed by atoms with Crippen molar-refractivity contribution in [3.05, 3.63) is 29.8 Å². The van der Waals surface area contributed by atoms with Crippen LogP contribution in [0.15, 0.2) is 24.3 Å². The highest BCUT2D eigenvalue weighted by atomic mass is 31.2. The van der Waals surface area contributed by atoms with Crippen LogP contribution in [-0.2, 0) is 29.6 Å². The molecule has 26 heavy (non-hydrogen) atoms. The maximum Gasteiger partial charge on any atom is 0.338 e. The lowest BCUT2D eigenvalue weighted by molar-refractivity contribution is -0.116. The standard InChI is InChI=1S/C19H29O6P/c1-3-23-26(21,24-4-2)15-17(20)11-8-16-9-12-18(13-10-16)25-19-7-5-6-14-22-19/h9-10,12-13,19H,3-8,11,14-15H2,1-2H3. The number of benzene rings is 1. The summed E-state index contributed by atoms with van der Waals surface area (Å²) < 4.78 is 34.1. The second-order valence-electron chi connectivity index (χ2n) is 6.20. The van der Waals surface area contributed by atoms with Gasteiger partial charge >= 0.3 is 7.60 Å². The molecule has 6 nitrogen and oxygen atoms in total. The molecule has 0 aliphatic carbocycles. The fourth-order valence-electron chi connectivity index (χ4n) is 2.79. The minimum atomic E-state index is -3.31. The number of hydrogen-bond donors (Lipinski definition) is 0. The Morgan fingerprint density at radius 1 is 1.15 bits per heavy atom. The van der Waals surface area contributed by atoms with Gasteiger partial charge in [-0.2, -0.15) is 0 Å². The topological polar surface area (TPSA) is 71.1 Å². The van der Waals surface area contributed by atoms with Crippen LogP contribution in [0.5, 0.6) is 5.75 Å². The summed E-state index contributed by atoms with van der Waals surface area (Å²) in [6.07, 6.45) is 3.67. The first-order chi connectivity index (χ1) is 12.5. The maximum absolute atomic E-state index is 12.4. The molecule has 146 valence electrons. The molecule has 1 aromatic rings. The molecule has 0 bridgehead atoms. The first-order valence-electron chi connectivity index (χ1n) is 9.31. The van der Waals surface area contributed by atoms with Crippen LogP contribution in [0.1, 0.15) is 45.1 Å². The van der Waals surface area contributed by atoms with Crippen LogP contribution in [0.25, 0.3) is 0 Å². The zero-order valence-electron chi connectivity index (χ0n) is 15.6. The third-order valence-corrected chi connectivity index (χ3v) is 6.09. The van der Waals surface area contributed by atoms with Crippen LogP contribution in [0, 0.1) is 0 Å². The van der Waals surface area contributed by atoms with E-state index in [-0.39, 0.29) is 31.4 Å². The number of carbonyl (C=O) groups excluding carboxylic acids is 1. The Labute approximate surface area is 155 Å². The monoisotopic (exact) mass is 384 g/mol. The first-order valence-corrected chi connectivity index (χ1v) is 11.0. The van der Waals surface area contributed by atoms with Gasteiger partial charge in [0.25, 0.3) is 0 Å². The number of ketones is 1. The Morgan fingerprint density at radius 3 is 2.42 bits per heavy atom. The van der Waals surface area contributed by atoms with Crippen LogP contribution >= 0.6 is 7.60 Å². The molecule has 1 aliphatic heterocycles. The summed E-state index contributed by atoms with van der Waals surface area (Å²) in [4.78, 5) is 12.1. The number of ether oxygens (including phenoxy) is 2. The molecule has 0 radical (unpaired) electrons. The van der Waals surface area contributed by atoms with Gasteiger partial charge in [0.15, 0.2) is 6.29 Å². The number of hydrogen-bond acceptors (Lipinski definition) is 6. The van der Waals surface area contributed by atoms with Crippen LogP contribution < -0.4 is 4.74 Å². The minimum Gasteiger partial charge on any atom is -0.465 e. The van der Waals surface area contributed by atoms with Crippen LogP contribution in [0.3, 0.4) is 0 Å². The van der Waals surface area contributed by atoms with E-state index >= 15 is 0 Å². The Bertz CT molecular complexity index is 585. The van der Waals surface area contributed by atoms with Crippen molar-refractivity contribution in [2.24, 2.45) is 0 Å². The average molecular weight is 384 g/mol. The van der Waals surface area contributed by atoms with Crippen molar-refractivity contribution in [2.75, 3.05) is 26.0 Å². The summed E-state index contributed by atoms with van der Waals surface area (Å²) in [5, 5.41) is 0. The van der Waals surface area contributed by atoms with E-state index in [2.05, 4.69) is 0 Å². The van der Waals surface area contributed by atoms with Crippen LogP contribution in [0.4, 0.5) is 0 Å². The molecule has 1 saturated heterocycles. The third-order valence-electron chi connectivity index (χ3n) is 4.04. The van der Waals surface area contributed by atoms with E-state index in [0.717, 1.165) is 37.2 Å². The van der Waals surface area contributed by atoms with Crippen molar-refractivity contribution in [1.29, 1.82) is 0 Å². The second-order valence-corrected chi connectivity index (χ2v) is 8.26. The number of rotatable bonds is 11. The van der Waals surface area contributed by atoms with Crippen molar-refractivity contribution in [3.63, 3.8) is 0 Å². The van der Waals surface area contributed by atoms with Crippen LogP contribution in [-0.4, -0.2) is 38.1 Å². The van der Waals surface area contributed by atoms with Crippen molar-refractivity contribution in [2.45, 2.75) is 52.2 Å². The zero-order chi connectivity index (χ0) is 18.8. The summed E-state index contributed by atoms with van der Waals surface area (Å²) in [6.45, 7) is 4.74. The molecule has 0 amide bonds. The second kappa shape index (κ2) is 10.8. The molecule has 2 rings (SSSR count). The lowest BCUT2D eigenvalue weighted by Crippen LogP contribution is -2.24. The molecule has 1 unspecified atom stereocenters. The fourth-order valence-corrected chi connectivity index (χ4v) is 4.43. The fraction of sp³-hybridized carbons (Fsp3) is 0.632. The molecule has 1 heterocycles. The lowest BCUT2D eigenvalue weighted by atomic mass is 10.1. The molecule has 0 N–H and O–H groups in total. The molecular weight excluding hydrogens is 355 g/mol. The van der Waals surface area contributed by atoms with E-state index in [1.54, 1.807) is 13.8 Å². The Hall–Kier alpha value is -1.20. The van der Waals surface area contributed by atoms with Gasteiger partial charge in [0.05, 0.1) is 19.8 Å². The van der Waals surface area contributed by atoms with Gasteiger partial charge in [-0.15, -0.1) is 0 Å². The van der Waals surface area contributed by atoms with Crippen molar-refractivity contribution in [3.8, 4) is 5.75 Å². The highest BCUT2D eigenvalue weighted by molar-refractivity contribution is 7.54. The summed E-state index contributed by atoms with van der Waals surface area (Å²) in [5.74, 6) is 0.648. The van der Waals surface area contributed by atoms with Gasteiger partial charge in [0.2, 0.25) is 0 Å². The van der Waals surface area contributed by atoms with Crippen molar-refractivity contribution < 1.29 is 27.9 Å². The number of aryl methyl sites for hydroxylation is 1. The smallest absolute Gasteiger partial charge is 0.338 e. The summed E-state index contributed by atoms with van der Waals surface area (Å²) in [6, 6.07) is 7.67. The van der Waals surface area contributed by atoms with E-state index in [1.165, 1.54) is 0 Å². The average Bonchev–Trinajstić information content (AvgIpc) is 2.62. The molecule has 7 heteroatoms. The summed E-state index contributed by atoms with van der Waals surface area (Å²) >= 11 is 0. The zero-order valence-corrected chi connectivity index (χ0v) is 16.5. The van der Waals surface area contributed by atoms with E-state index in [1.807, 2.05) is 24.3 Å². The normalized spacial score (nSPS) is 17.8. The SMILES string of the molecule is CCOP(=O)(CC(=O)CCc1ccc(OC2CCCCO2)cc1)OCC. The Balaban J connectivity index is 1.79. The number of carbonyl (C=O) groups is 1. The first kappa shape index (κ1) is 21.1. The van der Waals surface area contributed by atoms with Gasteiger partial charge in [0, 0.05) is 12.8 Å². The van der Waals surface area contributed by atoms with E-state index < -0.39 is 7.60 Å². The van der Waals surface area contributed by atoms with Crippen molar-refractivity contribution >= 4 is 13.4 Å². The maximum atomic E-state index is 12.4. The Morgan fingerprint density at radius 2 is 1.85 bits per heavy atom. The summed E-state index contributed by atoms with van der Waals surface area (Å²) in [5.41, 5.74) is 1.03. The highest BCUT2D eigenvalue weighted by Crippen LogP contribution is 2.48. The molecule has 0 aromatic heterocycles. The highest BCUT2D eigenvalue weighted by Gasteiger charge is 2.27. The van der Waals surface area contributed by atoms with Gasteiger partial charge in [-0.1, -0.05) is 12.1 Å². The van der Waals surface area contributed by atoms with Gasteiger partial charge < -0.3 is 18.5 Å². The van der Waals surface area contributed by atoms with Crippen LogP contribution in [0.2, 0.25) is 0 Å².